The quantitative estimate of drug-likeness (QED) is 0.668. The highest BCUT2D eigenvalue weighted by Crippen LogP contribution is 2.18. The molecule has 0 aromatic carbocycles. The smallest absolute Gasteiger partial charge is 0.287 e. The maximum atomic E-state index is 11.9. The van der Waals surface area contributed by atoms with Crippen LogP contribution in [0, 0.1) is 0 Å². The third-order valence-electron chi connectivity index (χ3n) is 3.17. The van der Waals surface area contributed by atoms with Crippen LogP contribution in [-0.2, 0) is 11.3 Å². The predicted octanol–water partition coefficient (Wildman–Crippen LogP) is 1.10. The van der Waals surface area contributed by atoms with Crippen molar-refractivity contribution in [1.82, 2.24) is 15.1 Å². The van der Waals surface area contributed by atoms with Crippen molar-refractivity contribution in [3.63, 3.8) is 0 Å². The van der Waals surface area contributed by atoms with Crippen LogP contribution in [0.1, 0.15) is 19.3 Å². The van der Waals surface area contributed by atoms with Crippen LogP contribution in [0.2, 0.25) is 5.02 Å². The van der Waals surface area contributed by atoms with E-state index in [9.17, 15) is 4.79 Å². The molecule has 2 N–H and O–H groups in total. The van der Waals surface area contributed by atoms with Crippen molar-refractivity contribution in [2.24, 2.45) is 0 Å². The highest BCUT2D eigenvalue weighted by atomic mass is 35.5. The molecule has 0 unspecified atom stereocenters. The number of nitrogens with zero attached hydrogens (tertiary/aromatic N) is 2. The number of hydrogen-bond donors (Lipinski definition) is 2. The van der Waals surface area contributed by atoms with Gasteiger partial charge in [0.25, 0.3) is 5.56 Å². The van der Waals surface area contributed by atoms with E-state index in [1.807, 2.05) is 0 Å². The first-order valence-electron chi connectivity index (χ1n) is 6.94. The number of halogens is 1. The standard InChI is InChI=1S/C13H21ClN4O2/c1-20-8-7-18-13(19)12(14)11(9-17-18)16-6-2-5-15-10-3-4-10/h9-10,15-16H,2-8H2,1H3. The van der Waals surface area contributed by atoms with Gasteiger partial charge in [-0.15, -0.1) is 0 Å². The second-order valence-electron chi connectivity index (χ2n) is 4.90. The minimum atomic E-state index is -0.287. The van der Waals surface area contributed by atoms with Gasteiger partial charge in [0.2, 0.25) is 0 Å². The molecule has 6 nitrogen and oxygen atoms in total. The van der Waals surface area contributed by atoms with E-state index >= 15 is 0 Å². The Bertz CT molecular complexity index is 488. The van der Waals surface area contributed by atoms with Crippen molar-refractivity contribution in [3.05, 3.63) is 21.6 Å². The zero-order valence-electron chi connectivity index (χ0n) is 11.7. The van der Waals surface area contributed by atoms with Crippen LogP contribution in [0.4, 0.5) is 5.69 Å². The van der Waals surface area contributed by atoms with Crippen LogP contribution in [0.3, 0.4) is 0 Å². The van der Waals surface area contributed by atoms with Crippen LogP contribution < -0.4 is 16.2 Å². The topological polar surface area (TPSA) is 68.2 Å². The number of nitrogens with one attached hydrogen (secondary N) is 2. The van der Waals surface area contributed by atoms with E-state index in [2.05, 4.69) is 15.7 Å². The summed E-state index contributed by atoms with van der Waals surface area (Å²) in [6.45, 7) is 2.58. The Kier molecular flexibility index (Phi) is 5.82. The molecule has 0 saturated heterocycles. The van der Waals surface area contributed by atoms with Crippen molar-refractivity contribution in [3.8, 4) is 0 Å². The fraction of sp³-hybridized carbons (Fsp3) is 0.692. The molecule has 1 aliphatic carbocycles. The molecule has 0 radical (unpaired) electrons. The number of anilines is 1. The van der Waals surface area contributed by atoms with E-state index < -0.39 is 0 Å². The average Bonchev–Trinajstić information content (AvgIpc) is 3.26. The van der Waals surface area contributed by atoms with Crippen molar-refractivity contribution in [2.75, 3.05) is 32.1 Å². The van der Waals surface area contributed by atoms with Crippen LogP contribution in [0.25, 0.3) is 0 Å². The molecule has 2 rings (SSSR count). The van der Waals surface area contributed by atoms with Gasteiger partial charge < -0.3 is 15.4 Å². The molecule has 0 aliphatic heterocycles. The first kappa shape index (κ1) is 15.3. The second-order valence-corrected chi connectivity index (χ2v) is 5.28. The van der Waals surface area contributed by atoms with Gasteiger partial charge in [0.1, 0.15) is 5.02 Å². The molecule has 1 heterocycles. The van der Waals surface area contributed by atoms with Crippen LogP contribution in [-0.4, -0.2) is 42.6 Å². The minimum Gasteiger partial charge on any atom is -0.383 e. The summed E-state index contributed by atoms with van der Waals surface area (Å²) in [6, 6.07) is 0.727. The van der Waals surface area contributed by atoms with Gasteiger partial charge in [0, 0.05) is 19.7 Å². The molecule has 0 amide bonds. The predicted molar refractivity (Wildman–Crippen MR) is 79.5 cm³/mol. The molecule has 0 atom stereocenters. The first-order valence-corrected chi connectivity index (χ1v) is 7.32. The summed E-state index contributed by atoms with van der Waals surface area (Å²) in [6.07, 6.45) is 5.17. The summed E-state index contributed by atoms with van der Waals surface area (Å²) in [5, 5.41) is 10.8. The molecule has 0 bridgehead atoms. The zero-order valence-corrected chi connectivity index (χ0v) is 12.4. The number of aromatic nitrogens is 2. The maximum Gasteiger partial charge on any atom is 0.287 e. The van der Waals surface area contributed by atoms with Gasteiger partial charge >= 0.3 is 0 Å². The fourth-order valence-corrected chi connectivity index (χ4v) is 2.04. The number of rotatable bonds is 9. The van der Waals surface area contributed by atoms with Crippen molar-refractivity contribution >= 4 is 17.3 Å². The highest BCUT2D eigenvalue weighted by Gasteiger charge is 2.19. The highest BCUT2D eigenvalue weighted by molar-refractivity contribution is 6.32. The van der Waals surface area contributed by atoms with Crippen molar-refractivity contribution in [1.29, 1.82) is 0 Å². The molecule has 7 heteroatoms. The summed E-state index contributed by atoms with van der Waals surface area (Å²) in [7, 11) is 1.58. The normalized spacial score (nSPS) is 14.5. The van der Waals surface area contributed by atoms with Gasteiger partial charge in [-0.1, -0.05) is 11.6 Å². The zero-order chi connectivity index (χ0) is 14.4. The number of methoxy groups -OCH3 is 1. The summed E-state index contributed by atoms with van der Waals surface area (Å²) in [5.41, 5.74) is 0.307. The lowest BCUT2D eigenvalue weighted by Gasteiger charge is -2.10. The van der Waals surface area contributed by atoms with Gasteiger partial charge in [0.05, 0.1) is 25.0 Å². The molecule has 1 saturated carbocycles. The molecule has 1 aromatic rings. The van der Waals surface area contributed by atoms with Crippen molar-refractivity contribution < 1.29 is 4.74 Å². The van der Waals surface area contributed by atoms with E-state index in [4.69, 9.17) is 16.3 Å². The summed E-state index contributed by atoms with van der Waals surface area (Å²) >= 11 is 6.06. The van der Waals surface area contributed by atoms with Gasteiger partial charge in [-0.3, -0.25) is 4.79 Å². The Labute approximate surface area is 123 Å². The van der Waals surface area contributed by atoms with E-state index in [1.165, 1.54) is 17.5 Å². The first-order chi connectivity index (χ1) is 9.72. The monoisotopic (exact) mass is 300 g/mol. The van der Waals surface area contributed by atoms with Crippen LogP contribution in [0.15, 0.2) is 11.0 Å². The number of hydrogen-bond acceptors (Lipinski definition) is 5. The third-order valence-corrected chi connectivity index (χ3v) is 3.54. The van der Waals surface area contributed by atoms with E-state index in [0.717, 1.165) is 25.6 Å². The van der Waals surface area contributed by atoms with Crippen molar-refractivity contribution in [2.45, 2.75) is 31.8 Å². The Morgan fingerprint density at radius 3 is 3.00 bits per heavy atom. The van der Waals surface area contributed by atoms with E-state index in [1.54, 1.807) is 13.3 Å². The lowest BCUT2D eigenvalue weighted by atomic mass is 10.3. The molecule has 1 aromatic heterocycles. The van der Waals surface area contributed by atoms with Gasteiger partial charge in [-0.25, -0.2) is 4.68 Å². The summed E-state index contributed by atoms with van der Waals surface area (Å²) < 4.78 is 6.23. The van der Waals surface area contributed by atoms with Crippen LogP contribution >= 0.6 is 11.6 Å². The Morgan fingerprint density at radius 1 is 1.50 bits per heavy atom. The summed E-state index contributed by atoms with van der Waals surface area (Å²) in [5.74, 6) is 0. The SMILES string of the molecule is COCCn1ncc(NCCCNC2CC2)c(Cl)c1=O. The molecule has 0 spiro atoms. The fourth-order valence-electron chi connectivity index (χ4n) is 1.83. The number of ether oxygens (including phenoxy) is 1. The molecular formula is C13H21ClN4O2. The Balaban J connectivity index is 1.81. The largest absolute Gasteiger partial charge is 0.383 e. The lowest BCUT2D eigenvalue weighted by molar-refractivity contribution is 0.182. The van der Waals surface area contributed by atoms with E-state index in [-0.39, 0.29) is 10.6 Å². The molecule has 20 heavy (non-hydrogen) atoms. The maximum absolute atomic E-state index is 11.9. The second kappa shape index (κ2) is 7.61. The summed E-state index contributed by atoms with van der Waals surface area (Å²) in [4.78, 5) is 11.9. The third kappa shape index (κ3) is 4.47. The molecule has 1 fully saturated rings. The van der Waals surface area contributed by atoms with Gasteiger partial charge in [0.15, 0.2) is 0 Å². The van der Waals surface area contributed by atoms with E-state index in [0.29, 0.717) is 18.8 Å². The van der Waals surface area contributed by atoms with Gasteiger partial charge in [-0.2, -0.15) is 5.10 Å². The lowest BCUT2D eigenvalue weighted by Crippen LogP contribution is -2.26. The molecule has 1 aliphatic rings. The van der Waals surface area contributed by atoms with Crippen LogP contribution in [0.5, 0.6) is 0 Å². The molecule has 112 valence electrons. The molecular weight excluding hydrogens is 280 g/mol. The average molecular weight is 301 g/mol. The Morgan fingerprint density at radius 2 is 2.30 bits per heavy atom. The van der Waals surface area contributed by atoms with Gasteiger partial charge in [-0.05, 0) is 25.8 Å². The minimum absolute atomic E-state index is 0.186. The Hall–Kier alpha value is -1.11.